The highest BCUT2D eigenvalue weighted by atomic mass is 16.2. The summed E-state index contributed by atoms with van der Waals surface area (Å²) in [5, 5.41) is 8.90. The van der Waals surface area contributed by atoms with Gasteiger partial charge in [0, 0.05) is 18.5 Å². The van der Waals surface area contributed by atoms with Crippen molar-refractivity contribution in [1.82, 2.24) is 16.0 Å². The van der Waals surface area contributed by atoms with Crippen molar-refractivity contribution in [3.63, 3.8) is 0 Å². The Hall–Kier alpha value is -1.10. The van der Waals surface area contributed by atoms with Crippen molar-refractivity contribution in [3.8, 4) is 0 Å². The molecule has 2 aliphatic rings. The zero-order valence-electron chi connectivity index (χ0n) is 10.1. The summed E-state index contributed by atoms with van der Waals surface area (Å²) in [7, 11) is 0. The fourth-order valence-electron chi connectivity index (χ4n) is 1.61. The molecule has 0 atom stereocenters. The van der Waals surface area contributed by atoms with Crippen LogP contribution in [0.25, 0.3) is 0 Å². The van der Waals surface area contributed by atoms with Gasteiger partial charge in [-0.25, -0.2) is 0 Å². The Bertz CT molecular complexity index is 257. The minimum absolute atomic E-state index is 0.0648. The highest BCUT2D eigenvalue weighted by Gasteiger charge is 2.23. The van der Waals surface area contributed by atoms with E-state index in [1.807, 2.05) is 0 Å². The number of hydrogen-bond acceptors (Lipinski definition) is 3. The van der Waals surface area contributed by atoms with E-state index in [4.69, 9.17) is 0 Å². The number of nitrogens with one attached hydrogen (secondary N) is 3. The molecule has 0 radical (unpaired) electrons. The fourth-order valence-corrected chi connectivity index (χ4v) is 1.61. The molecular formula is C12H21N3O2. The topological polar surface area (TPSA) is 70.2 Å². The summed E-state index contributed by atoms with van der Waals surface area (Å²) in [5.74, 6) is 0.201. The van der Waals surface area contributed by atoms with Crippen molar-refractivity contribution in [1.29, 1.82) is 0 Å². The molecule has 3 N–H and O–H groups in total. The molecule has 5 heteroatoms. The van der Waals surface area contributed by atoms with E-state index in [1.165, 1.54) is 0 Å². The molecular weight excluding hydrogens is 218 g/mol. The molecule has 0 unspecified atom stereocenters. The lowest BCUT2D eigenvalue weighted by molar-refractivity contribution is -0.121. The molecule has 0 spiro atoms. The van der Waals surface area contributed by atoms with E-state index >= 15 is 0 Å². The lowest BCUT2D eigenvalue weighted by atomic mass is 10.3. The van der Waals surface area contributed by atoms with Crippen LogP contribution in [0.3, 0.4) is 0 Å². The summed E-state index contributed by atoms with van der Waals surface area (Å²) >= 11 is 0. The average Bonchev–Trinajstić information content (AvgIpc) is 3.13. The largest absolute Gasteiger partial charge is 0.353 e. The summed E-state index contributed by atoms with van der Waals surface area (Å²) in [5.41, 5.74) is 0. The van der Waals surface area contributed by atoms with Gasteiger partial charge in [0.15, 0.2) is 0 Å². The van der Waals surface area contributed by atoms with Crippen LogP contribution in [-0.2, 0) is 9.59 Å². The van der Waals surface area contributed by atoms with Gasteiger partial charge in [-0.1, -0.05) is 0 Å². The smallest absolute Gasteiger partial charge is 0.234 e. The number of amides is 2. The molecule has 5 nitrogen and oxygen atoms in total. The van der Waals surface area contributed by atoms with Gasteiger partial charge >= 0.3 is 0 Å². The number of hydrogen-bond donors (Lipinski definition) is 3. The molecule has 2 rings (SSSR count). The second kappa shape index (κ2) is 6.00. The molecule has 0 saturated heterocycles. The van der Waals surface area contributed by atoms with Crippen molar-refractivity contribution < 1.29 is 9.59 Å². The first-order valence-electron chi connectivity index (χ1n) is 6.53. The molecule has 0 aromatic carbocycles. The minimum Gasteiger partial charge on any atom is -0.353 e. The summed E-state index contributed by atoms with van der Waals surface area (Å²) in [6.07, 6.45) is 5.83. The van der Waals surface area contributed by atoms with Gasteiger partial charge in [-0.05, 0) is 38.6 Å². The van der Waals surface area contributed by atoms with Gasteiger partial charge in [-0.2, -0.15) is 0 Å². The molecule has 17 heavy (non-hydrogen) atoms. The van der Waals surface area contributed by atoms with Crippen LogP contribution in [-0.4, -0.2) is 37.0 Å². The zero-order chi connectivity index (χ0) is 12.1. The highest BCUT2D eigenvalue weighted by molar-refractivity contribution is 5.78. The van der Waals surface area contributed by atoms with Crippen LogP contribution in [0.1, 0.15) is 38.5 Å². The van der Waals surface area contributed by atoms with E-state index in [1.54, 1.807) is 0 Å². The van der Waals surface area contributed by atoms with E-state index in [9.17, 15) is 9.59 Å². The van der Waals surface area contributed by atoms with Gasteiger partial charge in [0.1, 0.15) is 0 Å². The van der Waals surface area contributed by atoms with E-state index in [-0.39, 0.29) is 11.8 Å². The van der Waals surface area contributed by atoms with Crippen molar-refractivity contribution in [2.45, 2.75) is 50.6 Å². The molecule has 2 fully saturated rings. The van der Waals surface area contributed by atoms with Crippen LogP contribution in [0.15, 0.2) is 0 Å². The van der Waals surface area contributed by atoms with Crippen molar-refractivity contribution in [3.05, 3.63) is 0 Å². The molecule has 0 bridgehead atoms. The standard InChI is InChI=1S/C12H21N3O2/c16-11(14-9-3-4-9)2-1-7-13-8-12(17)15-10-5-6-10/h9-10,13H,1-8H2,(H,14,16)(H,15,17). The second-order valence-corrected chi connectivity index (χ2v) is 4.96. The summed E-state index contributed by atoms with van der Waals surface area (Å²) in [4.78, 5) is 22.6. The van der Waals surface area contributed by atoms with Gasteiger partial charge in [0.2, 0.25) is 11.8 Å². The van der Waals surface area contributed by atoms with Crippen molar-refractivity contribution >= 4 is 11.8 Å². The Labute approximate surface area is 102 Å². The lowest BCUT2D eigenvalue weighted by Crippen LogP contribution is -2.35. The molecule has 2 aliphatic carbocycles. The van der Waals surface area contributed by atoms with E-state index in [0.717, 1.165) is 38.6 Å². The predicted octanol–water partition coefficient (Wildman–Crippen LogP) is -0.0866. The SMILES string of the molecule is O=C(CCCNCC(=O)NC1CC1)NC1CC1. The van der Waals surface area contributed by atoms with Gasteiger partial charge in [0.05, 0.1) is 6.54 Å². The maximum atomic E-state index is 11.3. The summed E-state index contributed by atoms with van der Waals surface area (Å²) in [6.45, 7) is 1.08. The molecule has 0 aromatic rings. The Balaban J connectivity index is 1.39. The van der Waals surface area contributed by atoms with Gasteiger partial charge in [-0.15, -0.1) is 0 Å². The normalized spacial score (nSPS) is 18.8. The third-order valence-electron chi connectivity index (χ3n) is 2.93. The average molecular weight is 239 g/mol. The van der Waals surface area contributed by atoms with Crippen molar-refractivity contribution in [2.24, 2.45) is 0 Å². The maximum Gasteiger partial charge on any atom is 0.234 e. The van der Waals surface area contributed by atoms with Crippen LogP contribution in [0.4, 0.5) is 0 Å². The van der Waals surface area contributed by atoms with Gasteiger partial charge in [0.25, 0.3) is 0 Å². The van der Waals surface area contributed by atoms with E-state index in [2.05, 4.69) is 16.0 Å². The first-order chi connectivity index (χ1) is 8.24. The molecule has 0 aromatic heterocycles. The molecule has 2 saturated carbocycles. The molecule has 96 valence electrons. The summed E-state index contributed by atoms with van der Waals surface area (Å²) < 4.78 is 0. The van der Waals surface area contributed by atoms with Gasteiger partial charge in [-0.3, -0.25) is 9.59 Å². The van der Waals surface area contributed by atoms with Crippen LogP contribution >= 0.6 is 0 Å². The van der Waals surface area contributed by atoms with Crippen LogP contribution < -0.4 is 16.0 Å². The van der Waals surface area contributed by atoms with E-state index < -0.39 is 0 Å². The van der Waals surface area contributed by atoms with Crippen LogP contribution in [0.2, 0.25) is 0 Å². The van der Waals surface area contributed by atoms with Crippen molar-refractivity contribution in [2.75, 3.05) is 13.1 Å². The Morgan fingerprint density at radius 2 is 1.53 bits per heavy atom. The Morgan fingerprint density at radius 3 is 2.12 bits per heavy atom. The third kappa shape index (κ3) is 5.68. The van der Waals surface area contributed by atoms with Crippen LogP contribution in [0, 0.1) is 0 Å². The highest BCUT2D eigenvalue weighted by Crippen LogP contribution is 2.18. The molecule has 2 amide bonds. The van der Waals surface area contributed by atoms with E-state index in [0.29, 0.717) is 25.0 Å². The third-order valence-corrected chi connectivity index (χ3v) is 2.93. The zero-order valence-corrected chi connectivity index (χ0v) is 10.1. The first kappa shape index (κ1) is 12.4. The Morgan fingerprint density at radius 1 is 0.941 bits per heavy atom. The molecule has 0 aliphatic heterocycles. The number of rotatable bonds is 8. The van der Waals surface area contributed by atoms with Gasteiger partial charge < -0.3 is 16.0 Å². The first-order valence-corrected chi connectivity index (χ1v) is 6.53. The predicted molar refractivity (Wildman–Crippen MR) is 64.4 cm³/mol. The second-order valence-electron chi connectivity index (χ2n) is 4.96. The fraction of sp³-hybridized carbons (Fsp3) is 0.833. The lowest BCUT2D eigenvalue weighted by Gasteiger charge is -2.06. The number of carbonyl (C=O) groups is 2. The maximum absolute atomic E-state index is 11.3. The molecule has 0 heterocycles. The quantitative estimate of drug-likeness (QED) is 0.519. The Kier molecular flexibility index (Phi) is 4.36. The monoisotopic (exact) mass is 239 g/mol. The number of carbonyl (C=O) groups excluding carboxylic acids is 2. The van der Waals surface area contributed by atoms with Crippen LogP contribution in [0.5, 0.6) is 0 Å². The summed E-state index contributed by atoms with van der Waals surface area (Å²) in [6, 6.07) is 0.869. The minimum atomic E-state index is 0.0648.